The van der Waals surface area contributed by atoms with E-state index in [0.29, 0.717) is 17.3 Å². The monoisotopic (exact) mass is 341 g/mol. The third-order valence-electron chi connectivity index (χ3n) is 3.81. The number of carbonyl (C=O) groups excluding carboxylic acids is 1. The molecule has 4 rings (SSSR count). The highest BCUT2D eigenvalue weighted by Gasteiger charge is 2.04. The fraction of sp³-hybridized carbons (Fsp3) is 0. The number of carbonyl (C=O) groups is 1. The molecule has 0 spiro atoms. The molecule has 0 aliphatic heterocycles. The molecule has 126 valence electrons. The van der Waals surface area contributed by atoms with Gasteiger partial charge in [0.1, 0.15) is 11.3 Å². The second-order valence-corrected chi connectivity index (χ2v) is 5.64. The topological polar surface area (TPSA) is 68.0 Å². The number of amides is 1. The van der Waals surface area contributed by atoms with Crippen LogP contribution in [0.2, 0.25) is 0 Å². The number of hydrogen-bond donors (Lipinski definition) is 1. The SMILES string of the molecule is O=C(/C=C\c1nc2ccccc2o1)Nc1ccc(-c2ccccc2)cn1. The van der Waals surface area contributed by atoms with Crippen molar-refractivity contribution >= 4 is 28.9 Å². The maximum Gasteiger partial charge on any atom is 0.249 e. The first kappa shape index (κ1) is 15.8. The molecule has 26 heavy (non-hydrogen) atoms. The molecular formula is C21H15N3O2. The van der Waals surface area contributed by atoms with E-state index in [1.54, 1.807) is 12.3 Å². The van der Waals surface area contributed by atoms with Crippen molar-refractivity contribution in [2.24, 2.45) is 0 Å². The number of benzene rings is 2. The lowest BCUT2D eigenvalue weighted by atomic mass is 10.1. The fourth-order valence-corrected chi connectivity index (χ4v) is 2.55. The summed E-state index contributed by atoms with van der Waals surface area (Å²) >= 11 is 0. The minimum atomic E-state index is -0.299. The Balaban J connectivity index is 1.43. The van der Waals surface area contributed by atoms with Crippen molar-refractivity contribution in [3.63, 3.8) is 0 Å². The average Bonchev–Trinajstić information content (AvgIpc) is 3.11. The molecular weight excluding hydrogens is 326 g/mol. The summed E-state index contributed by atoms with van der Waals surface area (Å²) < 4.78 is 5.54. The summed E-state index contributed by atoms with van der Waals surface area (Å²) in [6.07, 6.45) is 4.64. The van der Waals surface area contributed by atoms with Crippen molar-refractivity contribution in [2.75, 3.05) is 5.32 Å². The van der Waals surface area contributed by atoms with E-state index in [9.17, 15) is 4.79 Å². The second-order valence-electron chi connectivity index (χ2n) is 5.64. The van der Waals surface area contributed by atoms with Crippen LogP contribution >= 0.6 is 0 Å². The Morgan fingerprint density at radius 1 is 0.923 bits per heavy atom. The summed E-state index contributed by atoms with van der Waals surface area (Å²) in [6.45, 7) is 0. The Morgan fingerprint density at radius 3 is 2.50 bits per heavy atom. The lowest BCUT2D eigenvalue weighted by Crippen LogP contribution is -2.08. The zero-order valence-electron chi connectivity index (χ0n) is 13.8. The molecule has 2 heterocycles. The van der Waals surface area contributed by atoms with Crippen LogP contribution in [-0.4, -0.2) is 15.9 Å². The van der Waals surface area contributed by atoms with Gasteiger partial charge in [-0.1, -0.05) is 42.5 Å². The van der Waals surface area contributed by atoms with Gasteiger partial charge in [-0.2, -0.15) is 0 Å². The van der Waals surface area contributed by atoms with Gasteiger partial charge in [0.15, 0.2) is 5.58 Å². The number of rotatable bonds is 4. The summed E-state index contributed by atoms with van der Waals surface area (Å²) in [6, 6.07) is 21.1. The standard InChI is InChI=1S/C21H15N3O2/c25-20(12-13-21-23-17-8-4-5-9-18(17)26-21)24-19-11-10-16(14-22-19)15-6-2-1-3-7-15/h1-14H,(H,22,24,25)/b13-12-. The highest BCUT2D eigenvalue weighted by atomic mass is 16.3. The Bertz CT molecular complexity index is 1030. The first-order valence-corrected chi connectivity index (χ1v) is 8.14. The van der Waals surface area contributed by atoms with Crippen molar-refractivity contribution < 1.29 is 9.21 Å². The van der Waals surface area contributed by atoms with Gasteiger partial charge in [-0.05, 0) is 29.8 Å². The smallest absolute Gasteiger partial charge is 0.249 e. The zero-order chi connectivity index (χ0) is 17.8. The highest BCUT2D eigenvalue weighted by Crippen LogP contribution is 2.19. The van der Waals surface area contributed by atoms with Crippen molar-refractivity contribution in [1.82, 2.24) is 9.97 Å². The molecule has 5 nitrogen and oxygen atoms in total. The van der Waals surface area contributed by atoms with Crippen molar-refractivity contribution in [3.8, 4) is 11.1 Å². The molecule has 1 amide bonds. The Morgan fingerprint density at radius 2 is 1.73 bits per heavy atom. The lowest BCUT2D eigenvalue weighted by molar-refractivity contribution is -0.111. The van der Waals surface area contributed by atoms with Gasteiger partial charge in [0, 0.05) is 23.9 Å². The van der Waals surface area contributed by atoms with Gasteiger partial charge in [-0.25, -0.2) is 9.97 Å². The van der Waals surface area contributed by atoms with Crippen LogP contribution in [-0.2, 0) is 4.79 Å². The number of oxazole rings is 1. The fourth-order valence-electron chi connectivity index (χ4n) is 2.55. The second kappa shape index (κ2) is 7.03. The van der Waals surface area contributed by atoms with Crippen LogP contribution in [0.25, 0.3) is 28.3 Å². The van der Waals surface area contributed by atoms with E-state index in [-0.39, 0.29) is 5.91 Å². The highest BCUT2D eigenvalue weighted by molar-refractivity contribution is 6.01. The molecule has 0 atom stereocenters. The molecule has 1 N–H and O–H groups in total. The van der Waals surface area contributed by atoms with E-state index in [4.69, 9.17) is 4.42 Å². The first-order valence-electron chi connectivity index (χ1n) is 8.14. The number of hydrogen-bond acceptors (Lipinski definition) is 4. The number of pyridine rings is 1. The van der Waals surface area contributed by atoms with Crippen LogP contribution < -0.4 is 5.32 Å². The van der Waals surface area contributed by atoms with Crippen LogP contribution in [0, 0.1) is 0 Å². The molecule has 0 unspecified atom stereocenters. The minimum absolute atomic E-state index is 0.299. The Labute approximate surface area is 150 Å². The summed E-state index contributed by atoms with van der Waals surface area (Å²) in [5.41, 5.74) is 3.51. The predicted molar refractivity (Wildman–Crippen MR) is 101 cm³/mol. The molecule has 0 aliphatic carbocycles. The van der Waals surface area contributed by atoms with E-state index in [0.717, 1.165) is 16.6 Å². The summed E-state index contributed by atoms with van der Waals surface area (Å²) in [4.78, 5) is 20.6. The molecule has 0 saturated carbocycles. The third kappa shape index (κ3) is 3.52. The van der Waals surface area contributed by atoms with Crippen LogP contribution in [0.3, 0.4) is 0 Å². The van der Waals surface area contributed by atoms with Gasteiger partial charge in [0.2, 0.25) is 11.8 Å². The van der Waals surface area contributed by atoms with Gasteiger partial charge in [0.25, 0.3) is 0 Å². The molecule has 0 fully saturated rings. The van der Waals surface area contributed by atoms with Crippen LogP contribution in [0.15, 0.2) is 83.4 Å². The molecule has 4 aromatic rings. The van der Waals surface area contributed by atoms with Crippen molar-refractivity contribution in [2.45, 2.75) is 0 Å². The number of aromatic nitrogens is 2. The number of fused-ring (bicyclic) bond motifs is 1. The Kier molecular flexibility index (Phi) is 4.26. The molecule has 0 bridgehead atoms. The summed E-state index contributed by atoms with van der Waals surface area (Å²) in [7, 11) is 0. The number of para-hydroxylation sites is 2. The largest absolute Gasteiger partial charge is 0.437 e. The van der Waals surface area contributed by atoms with E-state index in [1.807, 2.05) is 60.7 Å². The van der Waals surface area contributed by atoms with Gasteiger partial charge in [-0.3, -0.25) is 4.79 Å². The Hall–Kier alpha value is -3.73. The third-order valence-corrected chi connectivity index (χ3v) is 3.81. The molecule has 0 radical (unpaired) electrons. The lowest BCUT2D eigenvalue weighted by Gasteiger charge is -2.04. The number of nitrogens with zero attached hydrogens (tertiary/aromatic N) is 2. The van der Waals surface area contributed by atoms with E-state index in [1.165, 1.54) is 12.2 Å². The molecule has 5 heteroatoms. The van der Waals surface area contributed by atoms with E-state index < -0.39 is 0 Å². The van der Waals surface area contributed by atoms with Crippen LogP contribution in [0.4, 0.5) is 5.82 Å². The van der Waals surface area contributed by atoms with Crippen molar-refractivity contribution in [1.29, 1.82) is 0 Å². The van der Waals surface area contributed by atoms with E-state index >= 15 is 0 Å². The predicted octanol–water partition coefficient (Wildman–Crippen LogP) is 4.54. The molecule has 0 aliphatic rings. The maximum atomic E-state index is 12.0. The average molecular weight is 341 g/mol. The quantitative estimate of drug-likeness (QED) is 0.553. The van der Waals surface area contributed by atoms with Gasteiger partial charge in [0.05, 0.1) is 0 Å². The molecule has 2 aromatic carbocycles. The van der Waals surface area contributed by atoms with Crippen molar-refractivity contribution in [3.05, 3.63) is 84.9 Å². The van der Waals surface area contributed by atoms with E-state index in [2.05, 4.69) is 15.3 Å². The van der Waals surface area contributed by atoms with Gasteiger partial charge < -0.3 is 9.73 Å². The summed E-state index contributed by atoms with van der Waals surface area (Å²) in [5.74, 6) is 0.567. The zero-order valence-corrected chi connectivity index (χ0v) is 13.8. The number of nitrogens with one attached hydrogen (secondary N) is 1. The minimum Gasteiger partial charge on any atom is -0.437 e. The normalized spacial score (nSPS) is 11.1. The number of anilines is 1. The first-order chi connectivity index (χ1) is 12.8. The van der Waals surface area contributed by atoms with Crippen LogP contribution in [0.1, 0.15) is 5.89 Å². The summed E-state index contributed by atoms with van der Waals surface area (Å²) in [5, 5.41) is 2.72. The molecule has 0 saturated heterocycles. The van der Waals surface area contributed by atoms with Crippen LogP contribution in [0.5, 0.6) is 0 Å². The van der Waals surface area contributed by atoms with Gasteiger partial charge in [-0.15, -0.1) is 0 Å². The maximum absolute atomic E-state index is 12.0. The van der Waals surface area contributed by atoms with Gasteiger partial charge >= 0.3 is 0 Å². The molecule has 2 aromatic heterocycles.